The molecule has 38 heavy (non-hydrogen) atoms. The number of rotatable bonds is 6. The first-order chi connectivity index (χ1) is 18.6. The predicted octanol–water partition coefficient (Wildman–Crippen LogP) is 4.18. The van der Waals surface area contributed by atoms with Gasteiger partial charge < -0.3 is 15.2 Å². The fraction of sp³-hybridized carbons (Fsp3) is 0.267. The number of pyridine rings is 1. The van der Waals surface area contributed by atoms with E-state index in [1.807, 2.05) is 66.3 Å². The predicted molar refractivity (Wildman–Crippen MR) is 152 cm³/mol. The van der Waals surface area contributed by atoms with Gasteiger partial charge in [-0.25, -0.2) is 4.99 Å². The summed E-state index contributed by atoms with van der Waals surface area (Å²) < 4.78 is 4.67. The molecule has 7 nitrogen and oxygen atoms in total. The maximum absolute atomic E-state index is 9.31. The van der Waals surface area contributed by atoms with E-state index in [1.165, 1.54) is 12.8 Å². The normalized spacial score (nSPS) is 18.7. The Bertz CT molecular complexity index is 1690. The highest BCUT2D eigenvalue weighted by Gasteiger charge is 2.32. The summed E-state index contributed by atoms with van der Waals surface area (Å²) in [5, 5.41) is 17.1. The third kappa shape index (κ3) is 4.56. The highest BCUT2D eigenvalue weighted by molar-refractivity contribution is 7.71. The van der Waals surface area contributed by atoms with Crippen LogP contribution >= 0.6 is 12.2 Å². The average molecular weight is 522 g/mol. The number of benzene rings is 2. The Morgan fingerprint density at radius 2 is 1.76 bits per heavy atom. The summed E-state index contributed by atoms with van der Waals surface area (Å²) in [6, 6.07) is 24.8. The molecule has 3 heterocycles. The molecule has 2 unspecified atom stereocenters. The molecule has 1 aliphatic carbocycles. The molecule has 0 saturated heterocycles. The Morgan fingerprint density at radius 1 is 1.00 bits per heavy atom. The van der Waals surface area contributed by atoms with Gasteiger partial charge in [0.15, 0.2) is 0 Å². The van der Waals surface area contributed by atoms with Crippen LogP contribution in [0.2, 0.25) is 0 Å². The summed E-state index contributed by atoms with van der Waals surface area (Å²) in [7, 11) is 1.97. The fourth-order valence-corrected chi connectivity index (χ4v) is 5.78. The summed E-state index contributed by atoms with van der Waals surface area (Å²) in [5.74, 6) is 0.727. The molecule has 2 aliphatic rings. The van der Waals surface area contributed by atoms with Gasteiger partial charge in [0, 0.05) is 31.0 Å². The zero-order valence-electron chi connectivity index (χ0n) is 21.4. The van der Waals surface area contributed by atoms with Gasteiger partial charge in [-0.2, -0.15) is 0 Å². The molecule has 8 heteroatoms. The van der Waals surface area contributed by atoms with Crippen molar-refractivity contribution >= 4 is 23.7 Å². The molecule has 0 amide bonds. The van der Waals surface area contributed by atoms with Crippen LogP contribution in [-0.2, 0) is 13.6 Å². The van der Waals surface area contributed by atoms with Gasteiger partial charge in [-0.15, -0.1) is 0 Å². The summed E-state index contributed by atoms with van der Waals surface area (Å²) >= 11 is 5.94. The first-order valence-corrected chi connectivity index (χ1v) is 13.6. The molecule has 1 aliphatic heterocycles. The van der Waals surface area contributed by atoms with Gasteiger partial charge in [-0.05, 0) is 42.7 Å². The van der Waals surface area contributed by atoms with Crippen LogP contribution in [0.3, 0.4) is 0 Å². The molecule has 0 spiro atoms. The summed E-state index contributed by atoms with van der Waals surface area (Å²) in [6.07, 6.45) is 6.29. The van der Waals surface area contributed by atoms with E-state index in [2.05, 4.69) is 44.5 Å². The second kappa shape index (κ2) is 10.4. The van der Waals surface area contributed by atoms with Gasteiger partial charge in [0.2, 0.25) is 5.62 Å². The van der Waals surface area contributed by atoms with Crippen LogP contribution < -0.4 is 27.0 Å². The third-order valence-electron chi connectivity index (χ3n) is 7.50. The molecule has 1 fully saturated rings. The van der Waals surface area contributed by atoms with Crippen molar-refractivity contribution in [2.75, 3.05) is 5.32 Å². The molecular weight excluding hydrogens is 490 g/mol. The second-order valence-corrected chi connectivity index (χ2v) is 10.3. The van der Waals surface area contributed by atoms with Crippen LogP contribution in [0.4, 0.5) is 5.69 Å². The first-order valence-electron chi connectivity index (χ1n) is 13.1. The number of aromatic nitrogens is 3. The van der Waals surface area contributed by atoms with E-state index in [1.54, 1.807) is 0 Å². The van der Waals surface area contributed by atoms with E-state index in [-0.39, 0.29) is 12.1 Å². The van der Waals surface area contributed by atoms with Crippen molar-refractivity contribution in [3.05, 3.63) is 106 Å². The van der Waals surface area contributed by atoms with Crippen LogP contribution in [0.25, 0.3) is 17.1 Å². The lowest BCUT2D eigenvalue weighted by Gasteiger charge is -2.25. The number of nitrogens with one attached hydrogen (secondary N) is 3. The number of fused-ring (bicyclic) bond motifs is 3. The van der Waals surface area contributed by atoms with Crippen molar-refractivity contribution < 1.29 is 0 Å². The van der Waals surface area contributed by atoms with Gasteiger partial charge in [-0.1, -0.05) is 73.6 Å². The highest BCUT2D eigenvalue weighted by atomic mass is 32.1. The Kier molecular flexibility index (Phi) is 6.64. The van der Waals surface area contributed by atoms with Crippen molar-refractivity contribution in [1.82, 2.24) is 19.4 Å². The highest BCUT2D eigenvalue weighted by Crippen LogP contribution is 2.31. The molecule has 0 radical (unpaired) electrons. The van der Waals surface area contributed by atoms with E-state index in [0.717, 1.165) is 46.8 Å². The molecule has 3 N–H and O–H groups in total. The lowest BCUT2D eigenvalue weighted by atomic mass is 9.91. The smallest absolute Gasteiger partial charge is 0.208 e. The standard InChI is InChI=1S/C30H31N7S/c1-36-29(38)26(27(31)37-25-13-6-5-12-24(25)35-30(36)37)28(34-22-9-3-2-4-10-22)33-19-20-14-16-21(17-15-20)23-11-7-8-18-32-23/h2-4,7-11,14-18,24-25,31,33-34H,5-6,12-13,19H2,1H3. The molecule has 0 bridgehead atoms. The van der Waals surface area contributed by atoms with Crippen molar-refractivity contribution in [3.8, 4) is 11.3 Å². The molecular formula is C30H31N7S. The minimum atomic E-state index is 0.226. The third-order valence-corrected chi connectivity index (χ3v) is 7.97. The van der Waals surface area contributed by atoms with Crippen LogP contribution in [0, 0.1) is 10.0 Å². The number of anilines is 1. The summed E-state index contributed by atoms with van der Waals surface area (Å²) in [4.78, 5) is 9.44. The minimum absolute atomic E-state index is 0.226. The van der Waals surface area contributed by atoms with E-state index >= 15 is 0 Å². The van der Waals surface area contributed by atoms with E-state index in [9.17, 15) is 5.41 Å². The zero-order chi connectivity index (χ0) is 26.1. The summed E-state index contributed by atoms with van der Waals surface area (Å²) in [6.45, 7) is 0.577. The van der Waals surface area contributed by atoms with Gasteiger partial charge in [0.25, 0.3) is 0 Å². The number of hydrogen-bond donors (Lipinski definition) is 3. The SMILES string of the molecule is Cn1c(=S)c(=C(NCc2ccc(-c3ccccn3)cc2)Nc2ccccc2)c(=N)n2c1=NC1CCCCC12. The second-order valence-electron chi connectivity index (χ2n) is 9.94. The topological polar surface area (TPSA) is 83.0 Å². The molecule has 2 aromatic carbocycles. The monoisotopic (exact) mass is 521 g/mol. The largest absolute Gasteiger partial charge is 0.367 e. The quantitative estimate of drug-likeness (QED) is 0.333. The van der Waals surface area contributed by atoms with Crippen LogP contribution in [0.1, 0.15) is 37.3 Å². The number of hydrogen-bond acceptors (Lipinski definition) is 6. The summed E-state index contributed by atoms with van der Waals surface area (Å²) in [5.41, 5.74) is 5.31. The lowest BCUT2D eigenvalue weighted by molar-refractivity contribution is 0.321. The number of para-hydroxylation sites is 1. The zero-order valence-corrected chi connectivity index (χ0v) is 22.2. The molecule has 2 aromatic heterocycles. The fourth-order valence-electron chi connectivity index (χ4n) is 5.50. The molecule has 4 aromatic rings. The molecule has 192 valence electrons. The van der Waals surface area contributed by atoms with E-state index in [4.69, 9.17) is 17.2 Å². The Hall–Kier alpha value is -4.04. The van der Waals surface area contributed by atoms with Gasteiger partial charge in [0.05, 0.1) is 23.0 Å². The van der Waals surface area contributed by atoms with Crippen molar-refractivity contribution in [2.45, 2.75) is 44.3 Å². The lowest BCUT2D eigenvalue weighted by Crippen LogP contribution is -2.51. The maximum Gasteiger partial charge on any atom is 0.208 e. The molecule has 1 saturated carbocycles. The van der Waals surface area contributed by atoms with Gasteiger partial charge in [-0.3, -0.25) is 15.0 Å². The van der Waals surface area contributed by atoms with Gasteiger partial charge >= 0.3 is 0 Å². The van der Waals surface area contributed by atoms with E-state index < -0.39 is 0 Å². The van der Waals surface area contributed by atoms with Crippen molar-refractivity contribution in [1.29, 1.82) is 5.41 Å². The van der Waals surface area contributed by atoms with Crippen molar-refractivity contribution in [3.63, 3.8) is 0 Å². The Labute approximate surface area is 226 Å². The van der Waals surface area contributed by atoms with Crippen LogP contribution in [0.5, 0.6) is 0 Å². The molecule has 6 rings (SSSR count). The Morgan fingerprint density at radius 3 is 2.53 bits per heavy atom. The van der Waals surface area contributed by atoms with E-state index in [0.29, 0.717) is 21.9 Å². The van der Waals surface area contributed by atoms with Crippen LogP contribution in [-0.4, -0.2) is 20.2 Å². The maximum atomic E-state index is 9.31. The Balaban J connectivity index is 1.41. The average Bonchev–Trinajstić information content (AvgIpc) is 3.36. The van der Waals surface area contributed by atoms with Crippen LogP contribution in [0.15, 0.2) is 84.0 Å². The molecule has 2 atom stereocenters. The number of nitrogens with zero attached hydrogens (tertiary/aromatic N) is 4. The first kappa shape index (κ1) is 24.3. The van der Waals surface area contributed by atoms with Crippen molar-refractivity contribution in [2.24, 2.45) is 12.0 Å². The van der Waals surface area contributed by atoms with Gasteiger partial charge in [0.1, 0.15) is 15.9 Å². The minimum Gasteiger partial charge on any atom is -0.367 e.